The number of thiophene rings is 1. The van der Waals surface area contributed by atoms with E-state index in [1.54, 1.807) is 11.3 Å². The molecule has 2 heterocycles. The molecular weight excluding hydrogens is 475 g/mol. The second kappa shape index (κ2) is 9.56. The third kappa shape index (κ3) is 5.06. The average Bonchev–Trinajstić information content (AvgIpc) is 3.14. The van der Waals surface area contributed by atoms with Gasteiger partial charge in [0.25, 0.3) is 0 Å². The number of hydrogen-bond donors (Lipinski definition) is 3. The van der Waals surface area contributed by atoms with Crippen molar-refractivity contribution < 1.29 is 22.8 Å². The SMILES string of the molecule is CC1CCc2c(sc3nc(SCC(=O)NCC(=O)Nc4ccc(F)c(F)c4F)nc(N)c23)C1. The molecule has 0 radical (unpaired) electrons. The number of fused-ring (bicyclic) bond motifs is 3. The van der Waals surface area contributed by atoms with Gasteiger partial charge in [-0.1, -0.05) is 18.7 Å². The largest absolute Gasteiger partial charge is 0.383 e. The minimum absolute atomic E-state index is 0.0696. The van der Waals surface area contributed by atoms with E-state index in [0.29, 0.717) is 23.0 Å². The zero-order valence-corrected chi connectivity index (χ0v) is 19.1. The molecule has 3 aromatic rings. The van der Waals surface area contributed by atoms with Crippen LogP contribution in [0, 0.1) is 23.4 Å². The zero-order chi connectivity index (χ0) is 23.7. The molecular formula is C21H20F3N5O2S2. The molecule has 0 spiro atoms. The van der Waals surface area contributed by atoms with Gasteiger partial charge in [-0.2, -0.15) is 0 Å². The fourth-order valence-electron chi connectivity index (χ4n) is 3.59. The summed E-state index contributed by atoms with van der Waals surface area (Å²) in [6, 6.07) is 1.58. The summed E-state index contributed by atoms with van der Waals surface area (Å²) in [6.07, 6.45) is 3.05. The lowest BCUT2D eigenvalue weighted by molar-refractivity contribution is -0.122. The molecule has 174 valence electrons. The fraction of sp³-hybridized carbons (Fsp3) is 0.333. The van der Waals surface area contributed by atoms with Crippen molar-refractivity contribution in [2.45, 2.75) is 31.3 Å². The summed E-state index contributed by atoms with van der Waals surface area (Å²) < 4.78 is 39.8. The Bertz CT molecular complexity index is 1250. The Labute approximate surface area is 195 Å². The fourth-order valence-corrected chi connectivity index (χ4v) is 5.72. The Morgan fingerprint density at radius 2 is 2.00 bits per heavy atom. The van der Waals surface area contributed by atoms with Crippen molar-refractivity contribution in [3.63, 3.8) is 0 Å². The van der Waals surface area contributed by atoms with E-state index < -0.39 is 41.5 Å². The Morgan fingerprint density at radius 1 is 1.21 bits per heavy atom. The quantitative estimate of drug-likeness (QED) is 0.274. The second-order valence-electron chi connectivity index (χ2n) is 7.76. The number of thioether (sulfide) groups is 1. The molecule has 1 atom stereocenters. The topological polar surface area (TPSA) is 110 Å². The van der Waals surface area contributed by atoms with Crippen molar-refractivity contribution in [1.29, 1.82) is 0 Å². The Morgan fingerprint density at radius 3 is 2.79 bits per heavy atom. The zero-order valence-electron chi connectivity index (χ0n) is 17.5. The van der Waals surface area contributed by atoms with Crippen LogP contribution < -0.4 is 16.4 Å². The van der Waals surface area contributed by atoms with Crippen molar-refractivity contribution in [2.24, 2.45) is 5.92 Å². The number of aryl methyl sites for hydroxylation is 1. The summed E-state index contributed by atoms with van der Waals surface area (Å²) in [4.78, 5) is 34.9. The summed E-state index contributed by atoms with van der Waals surface area (Å²) in [5.41, 5.74) is 6.88. The summed E-state index contributed by atoms with van der Waals surface area (Å²) in [7, 11) is 0. The summed E-state index contributed by atoms with van der Waals surface area (Å²) >= 11 is 2.68. The third-order valence-electron chi connectivity index (χ3n) is 5.25. The van der Waals surface area contributed by atoms with E-state index in [2.05, 4.69) is 27.5 Å². The van der Waals surface area contributed by atoms with Crippen LogP contribution in [-0.2, 0) is 22.4 Å². The number of benzene rings is 1. The van der Waals surface area contributed by atoms with E-state index in [-0.39, 0.29) is 5.75 Å². The lowest BCUT2D eigenvalue weighted by Crippen LogP contribution is -2.34. The van der Waals surface area contributed by atoms with E-state index in [4.69, 9.17) is 5.73 Å². The highest BCUT2D eigenvalue weighted by atomic mass is 32.2. The first-order valence-electron chi connectivity index (χ1n) is 10.1. The lowest BCUT2D eigenvalue weighted by Gasteiger charge is -2.17. The van der Waals surface area contributed by atoms with Crippen LogP contribution in [0.5, 0.6) is 0 Å². The number of halogens is 3. The molecule has 1 unspecified atom stereocenters. The molecule has 0 saturated heterocycles. The van der Waals surface area contributed by atoms with E-state index in [9.17, 15) is 22.8 Å². The smallest absolute Gasteiger partial charge is 0.243 e. The number of rotatable bonds is 6. The van der Waals surface area contributed by atoms with Crippen molar-refractivity contribution in [2.75, 3.05) is 23.3 Å². The van der Waals surface area contributed by atoms with Gasteiger partial charge in [0.15, 0.2) is 22.6 Å². The monoisotopic (exact) mass is 495 g/mol. The number of anilines is 2. The van der Waals surface area contributed by atoms with Gasteiger partial charge >= 0.3 is 0 Å². The molecule has 4 rings (SSSR count). The molecule has 1 aliphatic rings. The second-order valence-corrected chi connectivity index (χ2v) is 9.79. The van der Waals surface area contributed by atoms with Crippen molar-refractivity contribution in [3.05, 3.63) is 40.0 Å². The van der Waals surface area contributed by atoms with Crippen molar-refractivity contribution in [3.8, 4) is 0 Å². The first-order chi connectivity index (χ1) is 15.7. The normalized spacial score (nSPS) is 15.3. The first-order valence-corrected chi connectivity index (χ1v) is 11.9. The summed E-state index contributed by atoms with van der Waals surface area (Å²) in [5.74, 6) is -4.91. The van der Waals surface area contributed by atoms with Gasteiger partial charge in [0.05, 0.1) is 23.4 Å². The van der Waals surface area contributed by atoms with Crippen LogP contribution in [0.2, 0.25) is 0 Å². The molecule has 0 fully saturated rings. The van der Waals surface area contributed by atoms with Crippen molar-refractivity contribution in [1.82, 2.24) is 15.3 Å². The first kappa shape index (κ1) is 23.3. The third-order valence-corrected chi connectivity index (χ3v) is 7.25. The van der Waals surface area contributed by atoms with Crippen LogP contribution >= 0.6 is 23.1 Å². The Kier molecular flexibility index (Phi) is 6.75. The van der Waals surface area contributed by atoms with Gasteiger partial charge < -0.3 is 16.4 Å². The number of nitrogens with one attached hydrogen (secondary N) is 2. The molecule has 33 heavy (non-hydrogen) atoms. The van der Waals surface area contributed by atoms with Crippen LogP contribution in [-0.4, -0.2) is 34.1 Å². The van der Waals surface area contributed by atoms with Crippen LogP contribution in [0.4, 0.5) is 24.7 Å². The van der Waals surface area contributed by atoms with E-state index in [0.717, 1.165) is 47.3 Å². The van der Waals surface area contributed by atoms with Gasteiger partial charge in [-0.25, -0.2) is 23.1 Å². The number of amides is 2. The van der Waals surface area contributed by atoms with Gasteiger partial charge in [-0.15, -0.1) is 11.3 Å². The number of carbonyl (C=O) groups is 2. The minimum Gasteiger partial charge on any atom is -0.383 e. The molecule has 0 saturated carbocycles. The Hall–Kier alpha value is -2.86. The maximum absolute atomic E-state index is 13.6. The van der Waals surface area contributed by atoms with Crippen molar-refractivity contribution >= 4 is 56.6 Å². The van der Waals surface area contributed by atoms with Gasteiger partial charge in [0.2, 0.25) is 11.8 Å². The van der Waals surface area contributed by atoms with Crippen LogP contribution in [0.15, 0.2) is 17.3 Å². The highest BCUT2D eigenvalue weighted by Crippen LogP contribution is 2.39. The number of nitrogens with two attached hydrogens (primary N) is 1. The van der Waals surface area contributed by atoms with Gasteiger partial charge in [0.1, 0.15) is 10.6 Å². The Balaban J connectivity index is 1.32. The highest BCUT2D eigenvalue weighted by Gasteiger charge is 2.23. The molecule has 2 aromatic heterocycles. The maximum atomic E-state index is 13.6. The predicted molar refractivity (Wildman–Crippen MR) is 122 cm³/mol. The molecule has 1 aliphatic carbocycles. The molecule has 7 nitrogen and oxygen atoms in total. The molecule has 2 amide bonds. The van der Waals surface area contributed by atoms with E-state index >= 15 is 0 Å². The summed E-state index contributed by atoms with van der Waals surface area (Å²) in [6.45, 7) is 1.74. The minimum atomic E-state index is -1.69. The number of aromatic nitrogens is 2. The molecule has 0 bridgehead atoms. The molecule has 12 heteroatoms. The predicted octanol–water partition coefficient (Wildman–Crippen LogP) is 3.66. The standard InChI is InChI=1S/C21H20F3N5O2S2/c1-9-2-3-10-13(6-9)33-20-16(10)19(25)28-21(29-20)32-8-15(31)26-7-14(30)27-12-5-4-11(22)17(23)18(12)24/h4-5,9H,2-3,6-8H2,1H3,(H,26,31)(H,27,30)(H2,25,28,29). The van der Waals surface area contributed by atoms with Gasteiger partial charge in [-0.05, 0) is 42.9 Å². The van der Waals surface area contributed by atoms with E-state index in [1.807, 2.05) is 0 Å². The van der Waals surface area contributed by atoms with Crippen LogP contribution in [0.3, 0.4) is 0 Å². The average molecular weight is 496 g/mol. The van der Waals surface area contributed by atoms with Crippen LogP contribution in [0.1, 0.15) is 23.8 Å². The maximum Gasteiger partial charge on any atom is 0.243 e. The molecule has 4 N–H and O–H groups in total. The molecule has 1 aromatic carbocycles. The number of carbonyl (C=O) groups excluding carboxylic acids is 2. The number of nitrogens with zero attached hydrogens (tertiary/aromatic N) is 2. The number of nitrogen functional groups attached to an aromatic ring is 1. The molecule has 0 aliphatic heterocycles. The highest BCUT2D eigenvalue weighted by molar-refractivity contribution is 7.99. The van der Waals surface area contributed by atoms with Gasteiger partial charge in [-0.3, -0.25) is 9.59 Å². The summed E-state index contributed by atoms with van der Waals surface area (Å²) in [5, 5.41) is 5.70. The van der Waals surface area contributed by atoms with E-state index in [1.165, 1.54) is 10.4 Å². The number of hydrogen-bond acceptors (Lipinski definition) is 7. The lowest BCUT2D eigenvalue weighted by atomic mass is 9.89. The van der Waals surface area contributed by atoms with Crippen LogP contribution in [0.25, 0.3) is 10.2 Å². The van der Waals surface area contributed by atoms with Gasteiger partial charge in [0, 0.05) is 4.88 Å².